The third kappa shape index (κ3) is 2.81. The summed E-state index contributed by atoms with van der Waals surface area (Å²) in [5.41, 5.74) is 2.83. The first-order valence-electron chi connectivity index (χ1n) is 12.0. The minimum absolute atomic E-state index is 0.0874. The summed E-state index contributed by atoms with van der Waals surface area (Å²) in [4.78, 5) is 0. The highest BCUT2D eigenvalue weighted by molar-refractivity contribution is 5.18. The summed E-state index contributed by atoms with van der Waals surface area (Å²) < 4.78 is 0. The predicted octanol–water partition coefficient (Wildman–Crippen LogP) is 7.53. The molecule has 6 atom stereocenters. The van der Waals surface area contributed by atoms with Crippen LogP contribution in [-0.2, 0) is 0 Å². The van der Waals surface area contributed by atoms with Gasteiger partial charge in [-0.25, -0.2) is 0 Å². The van der Waals surface area contributed by atoms with Crippen LogP contribution in [0.4, 0.5) is 0 Å². The Bertz CT molecular complexity index is 561. The summed E-state index contributed by atoms with van der Waals surface area (Å²) in [6.07, 6.45) is 13.9. The van der Waals surface area contributed by atoms with Crippen molar-refractivity contribution in [2.45, 2.75) is 118 Å². The SMILES string of the molecule is C=C(C)[C@]1(C)CC[C@@H]2[C@](CC)(CC[C@H]3C(CC)(CC)[C@@H](O)CC[C@]23CC)C1. The fraction of sp³-hybridized carbons (Fsp3) is 0.923. The Kier molecular flexibility index (Phi) is 5.70. The van der Waals surface area contributed by atoms with E-state index >= 15 is 0 Å². The molecule has 0 radical (unpaired) electrons. The van der Waals surface area contributed by atoms with Gasteiger partial charge in [0.05, 0.1) is 6.10 Å². The molecule has 0 spiro atoms. The third-order valence-electron chi connectivity index (χ3n) is 10.7. The molecule has 3 rings (SSSR count). The van der Waals surface area contributed by atoms with E-state index in [0.717, 1.165) is 25.2 Å². The molecule has 1 nitrogen and oxygen atoms in total. The van der Waals surface area contributed by atoms with Gasteiger partial charge in [0.2, 0.25) is 0 Å². The van der Waals surface area contributed by atoms with E-state index in [0.29, 0.717) is 22.2 Å². The van der Waals surface area contributed by atoms with Crippen LogP contribution >= 0.6 is 0 Å². The summed E-state index contributed by atoms with van der Waals surface area (Å²) in [6, 6.07) is 0. The molecule has 3 aliphatic carbocycles. The number of rotatable bonds is 5. The number of aliphatic hydroxyl groups excluding tert-OH is 1. The highest BCUT2D eigenvalue weighted by Gasteiger charge is 2.65. The van der Waals surface area contributed by atoms with Gasteiger partial charge < -0.3 is 5.11 Å². The molecule has 0 bridgehead atoms. The number of aliphatic hydroxyl groups is 1. The van der Waals surface area contributed by atoms with Gasteiger partial charge in [0.15, 0.2) is 0 Å². The Morgan fingerprint density at radius 2 is 1.52 bits per heavy atom. The van der Waals surface area contributed by atoms with Crippen molar-refractivity contribution >= 4 is 0 Å². The molecule has 0 unspecified atom stereocenters. The molecule has 3 aliphatic rings. The zero-order chi connectivity index (χ0) is 20.1. The Morgan fingerprint density at radius 1 is 0.889 bits per heavy atom. The molecule has 3 fully saturated rings. The maximum absolute atomic E-state index is 11.1. The number of hydrogen-bond donors (Lipinski definition) is 1. The molecule has 156 valence electrons. The Balaban J connectivity index is 2.06. The fourth-order valence-electron chi connectivity index (χ4n) is 8.81. The van der Waals surface area contributed by atoms with Gasteiger partial charge in [0.25, 0.3) is 0 Å². The molecule has 3 saturated carbocycles. The molecule has 1 N–H and O–H groups in total. The van der Waals surface area contributed by atoms with E-state index in [1.54, 1.807) is 0 Å². The molecule has 0 aromatic rings. The Hall–Kier alpha value is -0.300. The molecule has 0 amide bonds. The topological polar surface area (TPSA) is 20.2 Å². The summed E-state index contributed by atoms with van der Waals surface area (Å²) >= 11 is 0. The Labute approximate surface area is 169 Å². The smallest absolute Gasteiger partial charge is 0.0599 e. The van der Waals surface area contributed by atoms with Crippen LogP contribution in [-0.4, -0.2) is 11.2 Å². The van der Waals surface area contributed by atoms with Crippen LogP contribution in [0.25, 0.3) is 0 Å². The van der Waals surface area contributed by atoms with E-state index in [-0.39, 0.29) is 11.5 Å². The molecular weight excluding hydrogens is 328 g/mol. The van der Waals surface area contributed by atoms with E-state index in [4.69, 9.17) is 0 Å². The third-order valence-corrected chi connectivity index (χ3v) is 10.7. The van der Waals surface area contributed by atoms with Crippen molar-refractivity contribution < 1.29 is 5.11 Å². The van der Waals surface area contributed by atoms with Gasteiger partial charge in [-0.2, -0.15) is 0 Å². The Morgan fingerprint density at radius 3 is 2.04 bits per heavy atom. The average molecular weight is 375 g/mol. The lowest BCUT2D eigenvalue weighted by atomic mass is 9.36. The summed E-state index contributed by atoms with van der Waals surface area (Å²) in [5, 5.41) is 11.1. The normalized spacial score (nSPS) is 46.4. The maximum atomic E-state index is 11.1. The van der Waals surface area contributed by atoms with Crippen molar-refractivity contribution in [3.05, 3.63) is 12.2 Å². The van der Waals surface area contributed by atoms with Crippen molar-refractivity contribution in [3.63, 3.8) is 0 Å². The van der Waals surface area contributed by atoms with Gasteiger partial charge in [-0.3, -0.25) is 0 Å². The molecule has 0 aromatic carbocycles. The maximum Gasteiger partial charge on any atom is 0.0599 e. The first kappa shape index (κ1) is 21.4. The highest BCUT2D eigenvalue weighted by atomic mass is 16.3. The molecule has 0 heterocycles. The van der Waals surface area contributed by atoms with Crippen LogP contribution < -0.4 is 0 Å². The van der Waals surface area contributed by atoms with Gasteiger partial charge in [-0.15, -0.1) is 0 Å². The molecular formula is C26H46O. The van der Waals surface area contributed by atoms with Gasteiger partial charge in [0.1, 0.15) is 0 Å². The van der Waals surface area contributed by atoms with Crippen molar-refractivity contribution in [2.24, 2.45) is 33.5 Å². The van der Waals surface area contributed by atoms with E-state index in [1.165, 1.54) is 56.9 Å². The van der Waals surface area contributed by atoms with Crippen molar-refractivity contribution in [3.8, 4) is 0 Å². The highest BCUT2D eigenvalue weighted by Crippen LogP contribution is 2.72. The van der Waals surface area contributed by atoms with Gasteiger partial charge in [-0.1, -0.05) is 53.2 Å². The van der Waals surface area contributed by atoms with Crippen LogP contribution in [0.5, 0.6) is 0 Å². The minimum atomic E-state index is -0.0874. The first-order valence-corrected chi connectivity index (χ1v) is 12.0. The molecule has 0 aromatic heterocycles. The van der Waals surface area contributed by atoms with Crippen LogP contribution in [0.1, 0.15) is 112 Å². The van der Waals surface area contributed by atoms with Crippen molar-refractivity contribution in [1.29, 1.82) is 0 Å². The number of hydrogen-bond acceptors (Lipinski definition) is 1. The van der Waals surface area contributed by atoms with Gasteiger partial charge in [0, 0.05) is 0 Å². The van der Waals surface area contributed by atoms with Crippen LogP contribution in [0.3, 0.4) is 0 Å². The zero-order valence-electron chi connectivity index (χ0n) is 19.2. The largest absolute Gasteiger partial charge is 0.393 e. The van der Waals surface area contributed by atoms with Crippen LogP contribution in [0.2, 0.25) is 0 Å². The van der Waals surface area contributed by atoms with E-state index < -0.39 is 0 Å². The van der Waals surface area contributed by atoms with Crippen molar-refractivity contribution in [2.75, 3.05) is 0 Å². The van der Waals surface area contributed by atoms with Gasteiger partial charge in [-0.05, 0) is 105 Å². The average Bonchev–Trinajstić information content (AvgIpc) is 2.67. The summed E-state index contributed by atoms with van der Waals surface area (Å²) in [5.74, 6) is 1.56. The summed E-state index contributed by atoms with van der Waals surface area (Å²) in [6.45, 7) is 18.8. The predicted molar refractivity (Wildman–Crippen MR) is 117 cm³/mol. The standard InChI is InChI=1S/C26H46O/c1-8-24-16-13-21-25(9-2,10-3)22(27)14-17-26(21,11-4)20(24)12-15-23(7,18-24)19(5)6/h20-22,27H,5,8-18H2,1-4,6-7H3/t20-,21+,22+,23-,24-,26-/m1/s1. The molecule has 27 heavy (non-hydrogen) atoms. The molecule has 0 aliphatic heterocycles. The van der Waals surface area contributed by atoms with E-state index in [2.05, 4.69) is 48.1 Å². The lowest BCUT2D eigenvalue weighted by Gasteiger charge is -2.69. The fourth-order valence-corrected chi connectivity index (χ4v) is 8.81. The van der Waals surface area contributed by atoms with Crippen molar-refractivity contribution in [1.82, 2.24) is 0 Å². The monoisotopic (exact) mass is 374 g/mol. The second kappa shape index (κ2) is 7.19. The number of allylic oxidation sites excluding steroid dienone is 1. The van der Waals surface area contributed by atoms with Crippen LogP contribution in [0.15, 0.2) is 12.2 Å². The second-order valence-electron chi connectivity index (χ2n) is 11.0. The summed E-state index contributed by atoms with van der Waals surface area (Å²) in [7, 11) is 0. The van der Waals surface area contributed by atoms with Crippen LogP contribution in [0, 0.1) is 33.5 Å². The lowest BCUT2D eigenvalue weighted by molar-refractivity contribution is -0.215. The quantitative estimate of drug-likeness (QED) is 0.493. The van der Waals surface area contributed by atoms with E-state index in [1.807, 2.05) is 0 Å². The first-order chi connectivity index (χ1) is 12.7. The molecule has 1 heteroatoms. The molecule has 0 saturated heterocycles. The zero-order valence-corrected chi connectivity index (χ0v) is 19.2. The second-order valence-corrected chi connectivity index (χ2v) is 11.0. The number of fused-ring (bicyclic) bond motifs is 3. The lowest BCUT2D eigenvalue weighted by Crippen LogP contribution is -2.63. The van der Waals surface area contributed by atoms with Gasteiger partial charge >= 0.3 is 0 Å². The minimum Gasteiger partial charge on any atom is -0.393 e. The van der Waals surface area contributed by atoms with E-state index in [9.17, 15) is 5.11 Å².